The number of carbonyl (C=O) groups is 2. The number of thioether (sulfide) groups is 1. The van der Waals surface area contributed by atoms with Crippen molar-refractivity contribution in [3.05, 3.63) is 63.7 Å². The molecule has 0 saturated heterocycles. The lowest BCUT2D eigenvalue weighted by Crippen LogP contribution is -2.17. The first-order chi connectivity index (χ1) is 15.3. The summed E-state index contributed by atoms with van der Waals surface area (Å²) in [7, 11) is 0. The Balaban J connectivity index is 1.95. The topological polar surface area (TPSA) is 98.5 Å². The second-order valence-electron chi connectivity index (χ2n) is 7.47. The first-order valence-electron chi connectivity index (χ1n) is 10.8. The van der Waals surface area contributed by atoms with E-state index in [4.69, 9.17) is 4.74 Å². The number of carbonyl (C=O) groups excluding carboxylic acids is 2. The van der Waals surface area contributed by atoms with Gasteiger partial charge in [0, 0.05) is 27.8 Å². The van der Waals surface area contributed by atoms with E-state index in [2.05, 4.69) is 12.2 Å². The van der Waals surface area contributed by atoms with Crippen LogP contribution in [0, 0.1) is 17.0 Å². The molecule has 8 heteroatoms. The van der Waals surface area contributed by atoms with Crippen molar-refractivity contribution in [2.45, 2.75) is 63.9 Å². The normalized spacial score (nSPS) is 11.6. The average molecular weight is 459 g/mol. The second kappa shape index (κ2) is 12.9. The van der Waals surface area contributed by atoms with Crippen molar-refractivity contribution in [2.24, 2.45) is 0 Å². The molecule has 0 aliphatic rings. The Morgan fingerprint density at radius 1 is 1.19 bits per heavy atom. The summed E-state index contributed by atoms with van der Waals surface area (Å²) in [6.45, 7) is 5.74. The van der Waals surface area contributed by atoms with Crippen LogP contribution in [0.4, 0.5) is 11.4 Å². The number of aryl methyl sites for hydroxylation is 1. The van der Waals surface area contributed by atoms with E-state index in [1.165, 1.54) is 30.0 Å². The number of anilines is 1. The number of amides is 1. The van der Waals surface area contributed by atoms with Gasteiger partial charge in [-0.15, -0.1) is 11.8 Å². The highest BCUT2D eigenvalue weighted by molar-refractivity contribution is 7.99. The van der Waals surface area contributed by atoms with Gasteiger partial charge in [-0.1, -0.05) is 38.8 Å². The fourth-order valence-corrected chi connectivity index (χ4v) is 4.10. The Morgan fingerprint density at radius 3 is 2.59 bits per heavy atom. The average Bonchev–Trinajstić information content (AvgIpc) is 2.77. The number of hydrogen-bond acceptors (Lipinski definition) is 6. The van der Waals surface area contributed by atoms with E-state index in [1.807, 2.05) is 25.1 Å². The molecule has 0 bridgehead atoms. The third-order valence-electron chi connectivity index (χ3n) is 4.99. The largest absolute Gasteiger partial charge is 0.462 e. The molecule has 2 aromatic carbocycles. The van der Waals surface area contributed by atoms with Crippen molar-refractivity contribution in [3.8, 4) is 0 Å². The van der Waals surface area contributed by atoms with Gasteiger partial charge in [-0.3, -0.25) is 19.7 Å². The number of unbranched alkanes of at least 4 members (excludes halogenated alkanes) is 1. The van der Waals surface area contributed by atoms with E-state index in [1.54, 1.807) is 13.0 Å². The fraction of sp³-hybridized carbons (Fsp3) is 0.417. The van der Waals surface area contributed by atoms with Gasteiger partial charge in [-0.2, -0.15) is 0 Å². The molecule has 0 saturated carbocycles. The lowest BCUT2D eigenvalue weighted by Gasteiger charge is -2.16. The molecular formula is C24H30N2O5S. The minimum atomic E-state index is -0.472. The van der Waals surface area contributed by atoms with Crippen molar-refractivity contribution in [1.82, 2.24) is 0 Å². The Bertz CT molecular complexity index is 948. The van der Waals surface area contributed by atoms with Gasteiger partial charge < -0.3 is 10.1 Å². The van der Waals surface area contributed by atoms with Gasteiger partial charge in [0.05, 0.1) is 17.0 Å². The van der Waals surface area contributed by atoms with Crippen LogP contribution in [0.15, 0.2) is 47.4 Å². The minimum absolute atomic E-state index is 0.0237. The number of rotatable bonds is 12. The van der Waals surface area contributed by atoms with Gasteiger partial charge in [0.25, 0.3) is 11.6 Å². The molecule has 172 valence electrons. The molecule has 0 aromatic heterocycles. The molecule has 0 spiro atoms. The van der Waals surface area contributed by atoms with Crippen LogP contribution in [0.1, 0.15) is 61.9 Å². The van der Waals surface area contributed by atoms with Crippen molar-refractivity contribution >= 4 is 35.0 Å². The predicted octanol–water partition coefficient (Wildman–Crippen LogP) is 6.15. The van der Waals surface area contributed by atoms with Crippen LogP contribution < -0.4 is 5.32 Å². The van der Waals surface area contributed by atoms with Crippen molar-refractivity contribution in [2.75, 3.05) is 11.1 Å². The number of esters is 1. The standard InChI is InChI=1S/C24H30N2O5S/c1-4-6-9-19(5-2)31-23(27)14-15-32-22-11-8-7-10-20(22)25-24(28)18-12-13-21(26(29)30)17(3)16-18/h7-8,10-13,16,19H,4-6,9,14-15H2,1-3H3,(H,25,28). The van der Waals surface area contributed by atoms with Gasteiger partial charge in [0.2, 0.25) is 0 Å². The number of hydrogen-bond donors (Lipinski definition) is 1. The van der Waals surface area contributed by atoms with Gasteiger partial charge in [0.15, 0.2) is 0 Å². The number of benzene rings is 2. The van der Waals surface area contributed by atoms with E-state index in [-0.39, 0.29) is 30.1 Å². The number of nitro groups is 1. The van der Waals surface area contributed by atoms with Crippen LogP contribution in [-0.4, -0.2) is 28.7 Å². The molecule has 1 N–H and O–H groups in total. The zero-order chi connectivity index (χ0) is 23.5. The van der Waals surface area contributed by atoms with Crippen LogP contribution >= 0.6 is 11.8 Å². The number of para-hydroxylation sites is 1. The Kier molecular flexibility index (Phi) is 10.2. The van der Waals surface area contributed by atoms with Crippen molar-refractivity contribution < 1.29 is 19.2 Å². The van der Waals surface area contributed by atoms with Crippen LogP contribution in [-0.2, 0) is 9.53 Å². The quantitative estimate of drug-likeness (QED) is 0.177. The number of ether oxygens (including phenoxy) is 1. The highest BCUT2D eigenvalue weighted by atomic mass is 32.2. The molecule has 7 nitrogen and oxygen atoms in total. The lowest BCUT2D eigenvalue weighted by molar-refractivity contribution is -0.385. The fourth-order valence-electron chi connectivity index (χ4n) is 3.16. The van der Waals surface area contributed by atoms with Crippen LogP contribution in [0.3, 0.4) is 0 Å². The second-order valence-corrected chi connectivity index (χ2v) is 8.61. The van der Waals surface area contributed by atoms with Crippen LogP contribution in [0.5, 0.6) is 0 Å². The molecule has 1 amide bonds. The molecule has 0 aliphatic heterocycles. The number of nitrogens with one attached hydrogen (secondary N) is 1. The Labute approximate surface area is 193 Å². The molecule has 2 aromatic rings. The van der Waals surface area contributed by atoms with E-state index in [9.17, 15) is 19.7 Å². The van der Waals surface area contributed by atoms with Gasteiger partial charge >= 0.3 is 5.97 Å². The summed E-state index contributed by atoms with van der Waals surface area (Å²) in [6, 6.07) is 11.6. The first kappa shape index (κ1) is 25.4. The monoisotopic (exact) mass is 458 g/mol. The lowest BCUT2D eigenvalue weighted by atomic mass is 10.1. The minimum Gasteiger partial charge on any atom is -0.462 e. The maximum atomic E-state index is 12.7. The maximum absolute atomic E-state index is 12.7. The molecule has 0 heterocycles. The van der Waals surface area contributed by atoms with Gasteiger partial charge in [-0.25, -0.2) is 0 Å². The Morgan fingerprint density at radius 2 is 1.94 bits per heavy atom. The SMILES string of the molecule is CCCCC(CC)OC(=O)CCSc1ccccc1NC(=O)c1ccc([N+](=O)[O-])c(C)c1. The number of nitrogens with zero attached hydrogens (tertiary/aromatic N) is 1. The van der Waals surface area contributed by atoms with E-state index < -0.39 is 4.92 Å². The van der Waals surface area contributed by atoms with Gasteiger partial charge in [-0.05, 0) is 44.0 Å². The summed E-state index contributed by atoms with van der Waals surface area (Å²) in [6.07, 6.45) is 4.09. The Hall–Kier alpha value is -2.87. The zero-order valence-electron chi connectivity index (χ0n) is 18.8. The molecule has 0 aliphatic carbocycles. The molecule has 32 heavy (non-hydrogen) atoms. The third kappa shape index (κ3) is 7.67. The first-order valence-corrected chi connectivity index (χ1v) is 11.8. The summed E-state index contributed by atoms with van der Waals surface area (Å²) in [5.41, 5.74) is 1.37. The van der Waals surface area contributed by atoms with Crippen molar-refractivity contribution in [3.63, 3.8) is 0 Å². The third-order valence-corrected chi connectivity index (χ3v) is 6.06. The number of nitro benzene ring substituents is 1. The summed E-state index contributed by atoms with van der Waals surface area (Å²) >= 11 is 1.47. The van der Waals surface area contributed by atoms with Crippen LogP contribution in [0.25, 0.3) is 0 Å². The highest BCUT2D eigenvalue weighted by Gasteiger charge is 2.16. The molecule has 0 fully saturated rings. The van der Waals surface area contributed by atoms with Gasteiger partial charge in [0.1, 0.15) is 6.10 Å². The molecule has 1 unspecified atom stereocenters. The van der Waals surface area contributed by atoms with E-state index in [0.29, 0.717) is 22.6 Å². The maximum Gasteiger partial charge on any atom is 0.306 e. The van der Waals surface area contributed by atoms with E-state index in [0.717, 1.165) is 30.6 Å². The van der Waals surface area contributed by atoms with E-state index >= 15 is 0 Å². The molecule has 0 radical (unpaired) electrons. The van der Waals surface area contributed by atoms with Crippen LogP contribution in [0.2, 0.25) is 0 Å². The molecule has 2 rings (SSSR count). The highest BCUT2D eigenvalue weighted by Crippen LogP contribution is 2.28. The van der Waals surface area contributed by atoms with Crippen molar-refractivity contribution in [1.29, 1.82) is 0 Å². The summed E-state index contributed by atoms with van der Waals surface area (Å²) in [5, 5.41) is 13.8. The summed E-state index contributed by atoms with van der Waals surface area (Å²) < 4.78 is 5.56. The summed E-state index contributed by atoms with van der Waals surface area (Å²) in [5.74, 6) is -0.0208. The smallest absolute Gasteiger partial charge is 0.306 e. The zero-order valence-corrected chi connectivity index (χ0v) is 19.6. The molecule has 1 atom stereocenters. The predicted molar refractivity (Wildman–Crippen MR) is 127 cm³/mol. The summed E-state index contributed by atoms with van der Waals surface area (Å²) in [4.78, 5) is 36.2. The molecular weight excluding hydrogens is 428 g/mol.